The number of hydrogen-bond acceptors (Lipinski definition) is 5. The first-order valence-electron chi connectivity index (χ1n) is 8.02. The second kappa shape index (κ2) is 6.96. The Morgan fingerprint density at radius 2 is 1.93 bits per heavy atom. The molecule has 28 heavy (non-hydrogen) atoms. The van der Waals surface area contributed by atoms with Crippen molar-refractivity contribution >= 4 is 40.0 Å². The fourth-order valence-electron chi connectivity index (χ4n) is 2.90. The molecule has 0 spiro atoms. The number of furan rings is 1. The lowest BCUT2D eigenvalue weighted by molar-refractivity contribution is 0.227. The van der Waals surface area contributed by atoms with Crippen LogP contribution in [-0.4, -0.2) is 15.2 Å². The summed E-state index contributed by atoms with van der Waals surface area (Å²) in [6.07, 6.45) is 5.42. The standard InChI is InChI=1S/C18H12Cl2F2N4O2/c1-7(13-14(19)11(21)2-12(22)15(13)20)28-17-16-9(5-24-18(17)23)10(6-27-16)8-3-25-26-4-8/h2-7H,1H3,(H2,23,24)(H,25,26)/t7-/m1/s1. The number of aromatic nitrogens is 3. The van der Waals surface area contributed by atoms with Gasteiger partial charge in [0.15, 0.2) is 11.4 Å². The number of nitrogens with two attached hydrogens (primary N) is 1. The third-order valence-electron chi connectivity index (χ3n) is 4.26. The fraction of sp³-hybridized carbons (Fsp3) is 0.111. The van der Waals surface area contributed by atoms with Gasteiger partial charge in [-0.1, -0.05) is 23.2 Å². The van der Waals surface area contributed by atoms with Crippen molar-refractivity contribution in [2.75, 3.05) is 5.73 Å². The lowest BCUT2D eigenvalue weighted by Gasteiger charge is -2.19. The van der Waals surface area contributed by atoms with Crippen LogP contribution in [0.1, 0.15) is 18.6 Å². The van der Waals surface area contributed by atoms with Crippen molar-refractivity contribution in [3.63, 3.8) is 0 Å². The summed E-state index contributed by atoms with van der Waals surface area (Å²) in [7, 11) is 0. The van der Waals surface area contributed by atoms with Crippen molar-refractivity contribution in [2.24, 2.45) is 0 Å². The summed E-state index contributed by atoms with van der Waals surface area (Å²) in [5.41, 5.74) is 7.73. The van der Waals surface area contributed by atoms with E-state index in [1.165, 1.54) is 19.4 Å². The Morgan fingerprint density at radius 3 is 2.57 bits per heavy atom. The average molecular weight is 425 g/mol. The number of fused-ring (bicyclic) bond motifs is 1. The molecule has 0 fully saturated rings. The van der Waals surface area contributed by atoms with Crippen LogP contribution in [0.15, 0.2) is 35.3 Å². The van der Waals surface area contributed by atoms with Gasteiger partial charge in [0.2, 0.25) is 5.75 Å². The zero-order chi connectivity index (χ0) is 20.0. The molecule has 4 rings (SSSR count). The number of halogens is 4. The summed E-state index contributed by atoms with van der Waals surface area (Å²) in [6, 6.07) is 0.612. The van der Waals surface area contributed by atoms with E-state index >= 15 is 0 Å². The molecule has 6 nitrogen and oxygen atoms in total. The van der Waals surface area contributed by atoms with Crippen LogP contribution in [0.25, 0.3) is 22.1 Å². The Bertz CT molecular complexity index is 1150. The van der Waals surface area contributed by atoms with Gasteiger partial charge < -0.3 is 14.9 Å². The highest BCUT2D eigenvalue weighted by Crippen LogP contribution is 2.41. The van der Waals surface area contributed by atoms with Gasteiger partial charge >= 0.3 is 0 Å². The normalized spacial score (nSPS) is 12.5. The van der Waals surface area contributed by atoms with E-state index < -0.39 is 17.7 Å². The number of aromatic amines is 1. The van der Waals surface area contributed by atoms with Crippen LogP contribution in [0, 0.1) is 11.6 Å². The first kappa shape index (κ1) is 18.5. The highest BCUT2D eigenvalue weighted by molar-refractivity contribution is 6.36. The minimum absolute atomic E-state index is 0.0385. The second-order valence-corrected chi connectivity index (χ2v) is 6.75. The average Bonchev–Trinajstić information content (AvgIpc) is 3.32. The minimum atomic E-state index is -0.946. The van der Waals surface area contributed by atoms with E-state index in [1.807, 2.05) is 0 Å². The number of pyridine rings is 1. The molecule has 0 bridgehead atoms. The Labute approximate surface area is 167 Å². The van der Waals surface area contributed by atoms with Crippen LogP contribution in [0.2, 0.25) is 10.0 Å². The molecule has 0 amide bonds. The molecule has 3 heterocycles. The van der Waals surface area contributed by atoms with Crippen LogP contribution >= 0.6 is 23.2 Å². The van der Waals surface area contributed by atoms with E-state index in [0.717, 1.165) is 11.1 Å². The highest BCUT2D eigenvalue weighted by atomic mass is 35.5. The molecule has 0 aliphatic carbocycles. The quantitative estimate of drug-likeness (QED) is 0.420. The van der Waals surface area contributed by atoms with Crippen LogP contribution in [0.5, 0.6) is 5.75 Å². The molecule has 0 unspecified atom stereocenters. The number of nitrogens with zero attached hydrogens (tertiary/aromatic N) is 2. The number of rotatable bonds is 4. The van der Waals surface area contributed by atoms with Gasteiger partial charge in [-0.15, -0.1) is 0 Å². The maximum Gasteiger partial charge on any atom is 0.205 e. The number of anilines is 1. The summed E-state index contributed by atoms with van der Waals surface area (Å²) < 4.78 is 39.2. The number of nitrogen functional groups attached to an aromatic ring is 1. The molecule has 3 aromatic heterocycles. The zero-order valence-electron chi connectivity index (χ0n) is 14.3. The molecule has 4 aromatic rings. The van der Waals surface area contributed by atoms with E-state index in [-0.39, 0.29) is 27.2 Å². The number of nitrogens with one attached hydrogen (secondary N) is 1. The molecular weight excluding hydrogens is 413 g/mol. The summed E-state index contributed by atoms with van der Waals surface area (Å²) in [4.78, 5) is 4.12. The number of H-pyrrole nitrogens is 1. The van der Waals surface area contributed by atoms with Gasteiger partial charge in [0.1, 0.15) is 24.0 Å². The topological polar surface area (TPSA) is 90.0 Å². The lowest BCUT2D eigenvalue weighted by atomic mass is 10.1. The van der Waals surface area contributed by atoms with Gasteiger partial charge in [-0.3, -0.25) is 5.10 Å². The molecule has 0 saturated carbocycles. The van der Waals surface area contributed by atoms with E-state index in [2.05, 4.69) is 15.2 Å². The van der Waals surface area contributed by atoms with Crippen LogP contribution in [0.4, 0.5) is 14.6 Å². The predicted octanol–water partition coefficient (Wildman–Crippen LogP) is 5.53. The molecule has 0 saturated heterocycles. The molecule has 1 aromatic carbocycles. The molecule has 0 radical (unpaired) electrons. The molecule has 3 N–H and O–H groups in total. The molecule has 0 aliphatic heterocycles. The van der Waals surface area contributed by atoms with E-state index in [9.17, 15) is 8.78 Å². The second-order valence-electron chi connectivity index (χ2n) is 5.99. The first-order chi connectivity index (χ1) is 13.4. The molecular formula is C18H12Cl2F2N4O2. The van der Waals surface area contributed by atoms with E-state index in [4.69, 9.17) is 38.1 Å². The fourth-order valence-corrected chi connectivity index (χ4v) is 3.55. The predicted molar refractivity (Wildman–Crippen MR) is 101 cm³/mol. The van der Waals surface area contributed by atoms with Gasteiger partial charge in [-0.05, 0) is 6.92 Å². The molecule has 144 valence electrons. The minimum Gasteiger partial charge on any atom is -0.478 e. The summed E-state index contributed by atoms with van der Waals surface area (Å²) in [6.45, 7) is 1.53. The third kappa shape index (κ3) is 2.94. The maximum absolute atomic E-state index is 13.9. The zero-order valence-corrected chi connectivity index (χ0v) is 15.8. The molecule has 0 aliphatic rings. The van der Waals surface area contributed by atoms with Gasteiger partial charge in [0, 0.05) is 35.2 Å². The van der Waals surface area contributed by atoms with Gasteiger partial charge in [-0.2, -0.15) is 5.10 Å². The van der Waals surface area contributed by atoms with E-state index in [0.29, 0.717) is 17.0 Å². The van der Waals surface area contributed by atoms with Crippen molar-refractivity contribution in [1.29, 1.82) is 0 Å². The maximum atomic E-state index is 13.9. The SMILES string of the molecule is C[C@@H](Oc1c(N)ncc2c(-c3cn[nH]c3)coc12)c1c(Cl)c(F)cc(F)c1Cl. The van der Waals surface area contributed by atoms with Crippen LogP contribution < -0.4 is 10.5 Å². The van der Waals surface area contributed by atoms with Crippen molar-refractivity contribution in [3.05, 3.63) is 58.2 Å². The summed E-state index contributed by atoms with van der Waals surface area (Å²) in [5, 5.41) is 6.57. The third-order valence-corrected chi connectivity index (χ3v) is 5.03. The smallest absolute Gasteiger partial charge is 0.205 e. The van der Waals surface area contributed by atoms with Crippen molar-refractivity contribution in [2.45, 2.75) is 13.0 Å². The highest BCUT2D eigenvalue weighted by Gasteiger charge is 2.25. The Hall–Kier alpha value is -2.84. The van der Waals surface area contributed by atoms with Crippen molar-refractivity contribution < 1.29 is 17.9 Å². The van der Waals surface area contributed by atoms with Crippen molar-refractivity contribution in [3.8, 4) is 16.9 Å². The van der Waals surface area contributed by atoms with Crippen LogP contribution in [0.3, 0.4) is 0 Å². The largest absolute Gasteiger partial charge is 0.478 e. The van der Waals surface area contributed by atoms with Gasteiger partial charge in [0.05, 0.1) is 21.6 Å². The molecule has 10 heteroatoms. The number of ether oxygens (including phenoxy) is 1. The first-order valence-corrected chi connectivity index (χ1v) is 8.78. The Balaban J connectivity index is 1.80. The van der Waals surface area contributed by atoms with E-state index in [1.54, 1.807) is 12.4 Å². The van der Waals surface area contributed by atoms with Crippen molar-refractivity contribution in [1.82, 2.24) is 15.2 Å². The summed E-state index contributed by atoms with van der Waals surface area (Å²) >= 11 is 11.9. The Kier molecular flexibility index (Phi) is 4.60. The number of benzene rings is 1. The summed E-state index contributed by atoms with van der Waals surface area (Å²) in [5.74, 6) is -1.75. The molecule has 1 atom stereocenters. The lowest BCUT2D eigenvalue weighted by Crippen LogP contribution is -2.09. The van der Waals surface area contributed by atoms with Gasteiger partial charge in [-0.25, -0.2) is 13.8 Å². The Morgan fingerprint density at radius 1 is 1.21 bits per heavy atom. The van der Waals surface area contributed by atoms with Crippen LogP contribution in [-0.2, 0) is 0 Å². The monoisotopic (exact) mass is 424 g/mol. The number of hydrogen-bond donors (Lipinski definition) is 2. The van der Waals surface area contributed by atoms with Gasteiger partial charge in [0.25, 0.3) is 0 Å².